The summed E-state index contributed by atoms with van der Waals surface area (Å²) in [6.45, 7) is 6.38. The maximum Gasteiger partial charge on any atom is 0.321 e. The molecule has 1 fully saturated rings. The number of carboxylic acids is 1. The van der Waals surface area contributed by atoms with Gasteiger partial charge in [0, 0.05) is 5.75 Å². The Morgan fingerprint density at radius 3 is 2.85 bits per heavy atom. The van der Waals surface area contributed by atoms with Crippen LogP contribution >= 0.6 is 11.8 Å². The zero-order valence-electron chi connectivity index (χ0n) is 8.33. The predicted molar refractivity (Wildman–Crippen MR) is 54.9 cm³/mol. The van der Waals surface area contributed by atoms with Crippen molar-refractivity contribution in [2.75, 3.05) is 5.75 Å². The Kier molecular flexibility index (Phi) is 3.24. The van der Waals surface area contributed by atoms with Crippen LogP contribution in [0.3, 0.4) is 0 Å². The highest BCUT2D eigenvalue weighted by Crippen LogP contribution is 2.37. The van der Waals surface area contributed by atoms with Gasteiger partial charge in [0.05, 0.1) is 4.87 Å². The van der Waals surface area contributed by atoms with Gasteiger partial charge in [-0.15, -0.1) is 11.8 Å². The van der Waals surface area contributed by atoms with E-state index in [1.807, 2.05) is 0 Å². The molecule has 4 heteroatoms. The molecule has 1 aliphatic rings. The molecule has 2 unspecified atom stereocenters. The van der Waals surface area contributed by atoms with Crippen molar-refractivity contribution in [1.29, 1.82) is 0 Å². The summed E-state index contributed by atoms with van der Waals surface area (Å²) in [7, 11) is 0. The number of hydrogen-bond donors (Lipinski definition) is 2. The number of nitrogens with one attached hydrogen (secondary N) is 1. The lowest BCUT2D eigenvalue weighted by Gasteiger charge is -2.30. The molecule has 76 valence electrons. The molecule has 3 atom stereocenters. The van der Waals surface area contributed by atoms with Gasteiger partial charge in [0.15, 0.2) is 0 Å². The first-order chi connectivity index (χ1) is 5.99. The standard InChI is InChI=1S/C9H17NO2S/c1-4-6(2)9(3)10-7(5-13-9)8(11)12/h6-7,10H,4-5H2,1-3H3,(H,11,12)/t6?,7-,9?/m1/s1. The first-order valence-electron chi connectivity index (χ1n) is 4.64. The van der Waals surface area contributed by atoms with Gasteiger partial charge in [0.2, 0.25) is 0 Å². The summed E-state index contributed by atoms with van der Waals surface area (Å²) in [4.78, 5) is 10.7. The van der Waals surface area contributed by atoms with Crippen LogP contribution in [0.4, 0.5) is 0 Å². The molecule has 0 aromatic carbocycles. The van der Waals surface area contributed by atoms with E-state index in [0.717, 1.165) is 6.42 Å². The fourth-order valence-corrected chi connectivity index (χ4v) is 2.91. The minimum absolute atomic E-state index is 0.0577. The minimum atomic E-state index is -0.737. The second-order valence-electron chi connectivity index (χ2n) is 3.76. The normalized spacial score (nSPS) is 36.1. The lowest BCUT2D eigenvalue weighted by atomic mass is 9.99. The predicted octanol–water partition coefficient (Wildman–Crippen LogP) is 1.54. The summed E-state index contributed by atoms with van der Waals surface area (Å²) < 4.78 is 0. The lowest BCUT2D eigenvalue weighted by Crippen LogP contribution is -2.46. The zero-order valence-corrected chi connectivity index (χ0v) is 9.15. The molecular weight excluding hydrogens is 186 g/mol. The summed E-state index contributed by atoms with van der Waals surface area (Å²) in [6.07, 6.45) is 1.07. The van der Waals surface area contributed by atoms with Crippen LogP contribution in [0.25, 0.3) is 0 Å². The van der Waals surface area contributed by atoms with Crippen LogP contribution in [0, 0.1) is 5.92 Å². The van der Waals surface area contributed by atoms with E-state index in [4.69, 9.17) is 5.11 Å². The molecule has 0 aromatic rings. The highest BCUT2D eigenvalue weighted by molar-refractivity contribution is 8.00. The summed E-state index contributed by atoms with van der Waals surface area (Å²) in [6, 6.07) is -0.371. The second kappa shape index (κ2) is 3.88. The molecule has 13 heavy (non-hydrogen) atoms. The molecule has 2 N–H and O–H groups in total. The van der Waals surface area contributed by atoms with Gasteiger partial charge in [-0.05, 0) is 12.8 Å². The van der Waals surface area contributed by atoms with Gasteiger partial charge in [-0.1, -0.05) is 20.3 Å². The largest absolute Gasteiger partial charge is 0.480 e. The van der Waals surface area contributed by atoms with Crippen molar-refractivity contribution in [2.24, 2.45) is 5.92 Å². The smallest absolute Gasteiger partial charge is 0.321 e. The van der Waals surface area contributed by atoms with E-state index in [2.05, 4.69) is 26.1 Å². The molecule has 1 aliphatic heterocycles. The Hall–Kier alpha value is -0.220. The van der Waals surface area contributed by atoms with Crippen molar-refractivity contribution >= 4 is 17.7 Å². The highest BCUT2D eigenvalue weighted by atomic mass is 32.2. The summed E-state index contributed by atoms with van der Waals surface area (Å²) in [5.41, 5.74) is 0. The number of thioether (sulfide) groups is 1. The van der Waals surface area contributed by atoms with Crippen LogP contribution in [-0.4, -0.2) is 27.7 Å². The molecule has 0 radical (unpaired) electrons. The Bertz CT molecular complexity index is 210. The van der Waals surface area contributed by atoms with E-state index < -0.39 is 5.97 Å². The average Bonchev–Trinajstić information content (AvgIpc) is 2.48. The van der Waals surface area contributed by atoms with Gasteiger partial charge in [0.1, 0.15) is 6.04 Å². The van der Waals surface area contributed by atoms with Crippen molar-refractivity contribution in [3.63, 3.8) is 0 Å². The summed E-state index contributed by atoms with van der Waals surface area (Å²) >= 11 is 1.72. The maximum atomic E-state index is 10.7. The Labute approximate surface area is 83.3 Å². The van der Waals surface area contributed by atoms with Gasteiger partial charge in [-0.25, -0.2) is 0 Å². The van der Waals surface area contributed by atoms with Gasteiger partial charge in [-0.2, -0.15) is 0 Å². The third-order valence-corrected chi connectivity index (χ3v) is 4.48. The van der Waals surface area contributed by atoms with Crippen molar-refractivity contribution in [3.8, 4) is 0 Å². The topological polar surface area (TPSA) is 49.3 Å². The van der Waals surface area contributed by atoms with E-state index in [9.17, 15) is 4.79 Å². The summed E-state index contributed by atoms with van der Waals surface area (Å²) in [5.74, 6) is 0.442. The van der Waals surface area contributed by atoms with Crippen molar-refractivity contribution in [3.05, 3.63) is 0 Å². The van der Waals surface area contributed by atoms with Crippen LogP contribution in [0.5, 0.6) is 0 Å². The van der Waals surface area contributed by atoms with Gasteiger partial charge in [-0.3, -0.25) is 10.1 Å². The molecule has 0 saturated carbocycles. The minimum Gasteiger partial charge on any atom is -0.480 e. The molecule has 0 aliphatic carbocycles. The Balaban J connectivity index is 2.60. The molecule has 1 rings (SSSR count). The SMILES string of the molecule is CCC(C)C1(C)N[C@@H](C(=O)O)CS1. The molecule has 0 spiro atoms. The molecule has 0 amide bonds. The summed E-state index contributed by atoms with van der Waals surface area (Å²) in [5, 5.41) is 12.0. The quantitative estimate of drug-likeness (QED) is 0.730. The molecule has 1 saturated heterocycles. The van der Waals surface area contributed by atoms with Crippen LogP contribution in [0.15, 0.2) is 0 Å². The number of carboxylic acid groups (broad SMARTS) is 1. The fraction of sp³-hybridized carbons (Fsp3) is 0.889. The third-order valence-electron chi connectivity index (χ3n) is 2.86. The van der Waals surface area contributed by atoms with Crippen molar-refractivity contribution in [2.45, 2.75) is 38.1 Å². The zero-order chi connectivity index (χ0) is 10.1. The molecule has 1 heterocycles. The van der Waals surface area contributed by atoms with Crippen LogP contribution in [-0.2, 0) is 4.79 Å². The number of carbonyl (C=O) groups is 1. The number of rotatable bonds is 3. The van der Waals surface area contributed by atoms with Gasteiger partial charge < -0.3 is 5.11 Å². The first kappa shape index (κ1) is 10.9. The Morgan fingerprint density at radius 1 is 1.85 bits per heavy atom. The van der Waals surface area contributed by atoms with Crippen LogP contribution < -0.4 is 5.32 Å². The Morgan fingerprint density at radius 2 is 2.46 bits per heavy atom. The van der Waals surface area contributed by atoms with Gasteiger partial charge >= 0.3 is 5.97 Å². The van der Waals surface area contributed by atoms with Crippen molar-refractivity contribution < 1.29 is 9.90 Å². The highest BCUT2D eigenvalue weighted by Gasteiger charge is 2.41. The average molecular weight is 203 g/mol. The molecule has 0 bridgehead atoms. The molecule has 0 aromatic heterocycles. The maximum absolute atomic E-state index is 10.7. The van der Waals surface area contributed by atoms with E-state index in [0.29, 0.717) is 11.7 Å². The molecule has 3 nitrogen and oxygen atoms in total. The second-order valence-corrected chi connectivity index (χ2v) is 5.23. The van der Waals surface area contributed by atoms with Gasteiger partial charge in [0.25, 0.3) is 0 Å². The monoisotopic (exact) mass is 203 g/mol. The fourth-order valence-electron chi connectivity index (χ4n) is 1.49. The van der Waals surface area contributed by atoms with E-state index >= 15 is 0 Å². The first-order valence-corrected chi connectivity index (χ1v) is 5.62. The van der Waals surface area contributed by atoms with Crippen LogP contribution in [0.1, 0.15) is 27.2 Å². The van der Waals surface area contributed by atoms with E-state index in [1.54, 1.807) is 11.8 Å². The molecular formula is C9H17NO2S. The van der Waals surface area contributed by atoms with Crippen LogP contribution in [0.2, 0.25) is 0 Å². The van der Waals surface area contributed by atoms with E-state index in [-0.39, 0.29) is 10.9 Å². The third kappa shape index (κ3) is 2.17. The number of hydrogen-bond acceptors (Lipinski definition) is 3. The lowest BCUT2D eigenvalue weighted by molar-refractivity contribution is -0.138. The van der Waals surface area contributed by atoms with E-state index in [1.165, 1.54) is 0 Å². The van der Waals surface area contributed by atoms with Crippen molar-refractivity contribution in [1.82, 2.24) is 5.32 Å². The number of aliphatic carboxylic acids is 1.